The van der Waals surface area contributed by atoms with E-state index in [-0.39, 0.29) is 17.3 Å². The maximum atomic E-state index is 13.0. The van der Waals surface area contributed by atoms with E-state index in [1.54, 1.807) is 6.07 Å². The first kappa shape index (κ1) is 7.36. The number of thiophene rings is 1. The van der Waals surface area contributed by atoms with Gasteiger partial charge in [0, 0.05) is 10.1 Å². The van der Waals surface area contributed by atoms with Gasteiger partial charge in [-0.25, -0.2) is 4.39 Å². The van der Waals surface area contributed by atoms with Gasteiger partial charge in [-0.15, -0.1) is 11.3 Å². The summed E-state index contributed by atoms with van der Waals surface area (Å²) in [6, 6.07) is 3.11. The van der Waals surface area contributed by atoms with Gasteiger partial charge >= 0.3 is 0 Å². The summed E-state index contributed by atoms with van der Waals surface area (Å²) in [7, 11) is 0. The van der Waals surface area contributed by atoms with E-state index in [4.69, 9.17) is 5.73 Å². The minimum absolute atomic E-state index is 0.0696. The molecule has 2 nitrogen and oxygen atoms in total. The maximum Gasteiger partial charge on any atom is 0.143 e. The number of benzene rings is 1. The molecule has 0 radical (unpaired) electrons. The van der Waals surface area contributed by atoms with Crippen LogP contribution in [0.3, 0.4) is 0 Å². The summed E-state index contributed by atoms with van der Waals surface area (Å²) in [6.07, 6.45) is 0. The van der Waals surface area contributed by atoms with Crippen molar-refractivity contribution in [1.82, 2.24) is 0 Å². The summed E-state index contributed by atoms with van der Waals surface area (Å²) >= 11 is 1.27. The number of anilines is 1. The fraction of sp³-hybridized carbons (Fsp3) is 0. The number of nitrogen functional groups attached to an aromatic ring is 1. The van der Waals surface area contributed by atoms with Crippen molar-refractivity contribution in [3.63, 3.8) is 0 Å². The molecule has 0 aliphatic heterocycles. The van der Waals surface area contributed by atoms with E-state index in [1.807, 2.05) is 0 Å². The summed E-state index contributed by atoms with van der Waals surface area (Å²) < 4.78 is 13.8. The van der Waals surface area contributed by atoms with Crippen LogP contribution < -0.4 is 5.73 Å². The van der Waals surface area contributed by atoms with Crippen LogP contribution in [0.4, 0.5) is 10.1 Å². The van der Waals surface area contributed by atoms with E-state index < -0.39 is 0 Å². The zero-order chi connectivity index (χ0) is 8.72. The summed E-state index contributed by atoms with van der Waals surface area (Å²) in [5.41, 5.74) is 5.60. The van der Waals surface area contributed by atoms with E-state index >= 15 is 0 Å². The third kappa shape index (κ3) is 0.848. The molecule has 2 rings (SSSR count). The largest absolute Gasteiger partial charge is 0.506 e. The molecule has 0 unspecified atom stereocenters. The highest BCUT2D eigenvalue weighted by atomic mass is 32.1. The van der Waals surface area contributed by atoms with Crippen molar-refractivity contribution in [2.75, 3.05) is 5.73 Å². The molecule has 62 valence electrons. The van der Waals surface area contributed by atoms with Crippen LogP contribution in [-0.2, 0) is 0 Å². The first-order valence-electron chi connectivity index (χ1n) is 3.34. The number of nitrogens with two attached hydrogens (primary N) is 1. The monoisotopic (exact) mass is 183 g/mol. The second kappa shape index (κ2) is 2.35. The first-order valence-corrected chi connectivity index (χ1v) is 4.22. The quantitative estimate of drug-likeness (QED) is 0.486. The van der Waals surface area contributed by atoms with Crippen molar-refractivity contribution in [3.8, 4) is 5.75 Å². The van der Waals surface area contributed by atoms with Crippen molar-refractivity contribution in [2.24, 2.45) is 0 Å². The Morgan fingerprint density at radius 2 is 2.17 bits per heavy atom. The highest BCUT2D eigenvalue weighted by molar-refractivity contribution is 7.17. The van der Waals surface area contributed by atoms with Crippen LogP contribution in [-0.4, -0.2) is 5.11 Å². The Bertz CT molecular complexity index is 438. The minimum Gasteiger partial charge on any atom is -0.506 e. The zero-order valence-corrected chi connectivity index (χ0v) is 6.86. The summed E-state index contributed by atoms with van der Waals surface area (Å²) in [6.45, 7) is 0. The Morgan fingerprint density at radius 1 is 1.42 bits per heavy atom. The Hall–Kier alpha value is -1.29. The van der Waals surface area contributed by atoms with Crippen LogP contribution in [0.15, 0.2) is 17.5 Å². The van der Waals surface area contributed by atoms with Crippen molar-refractivity contribution in [3.05, 3.63) is 23.3 Å². The van der Waals surface area contributed by atoms with Crippen molar-refractivity contribution in [1.29, 1.82) is 0 Å². The molecule has 1 aromatic carbocycles. The van der Waals surface area contributed by atoms with Gasteiger partial charge < -0.3 is 10.8 Å². The van der Waals surface area contributed by atoms with Crippen LogP contribution in [0, 0.1) is 5.82 Å². The lowest BCUT2D eigenvalue weighted by Crippen LogP contribution is -1.86. The van der Waals surface area contributed by atoms with Gasteiger partial charge in [-0.05, 0) is 12.1 Å². The molecule has 0 spiro atoms. The molecule has 0 aliphatic carbocycles. The highest BCUT2D eigenvalue weighted by Crippen LogP contribution is 2.34. The number of hydrogen-bond donors (Lipinski definition) is 2. The van der Waals surface area contributed by atoms with E-state index in [0.717, 1.165) is 4.70 Å². The van der Waals surface area contributed by atoms with Crippen LogP contribution >= 0.6 is 11.3 Å². The lowest BCUT2D eigenvalue weighted by Gasteiger charge is -1.98. The van der Waals surface area contributed by atoms with Gasteiger partial charge in [0.2, 0.25) is 0 Å². The molecule has 4 heteroatoms. The fourth-order valence-corrected chi connectivity index (χ4v) is 1.93. The molecule has 0 atom stereocenters. The molecular formula is C8H6FNOS. The van der Waals surface area contributed by atoms with Crippen LogP contribution in [0.5, 0.6) is 5.75 Å². The van der Waals surface area contributed by atoms with Gasteiger partial charge in [0.25, 0.3) is 0 Å². The molecule has 3 N–H and O–H groups in total. The Kier molecular flexibility index (Phi) is 1.44. The average molecular weight is 183 g/mol. The van der Waals surface area contributed by atoms with Gasteiger partial charge in [-0.2, -0.15) is 0 Å². The standard InChI is InChI=1S/C8H6FNOS/c9-4-3-12-6-2-1-5(11)8(10)7(4)6/h1-3,11H,10H2. The minimum atomic E-state index is -0.372. The molecule has 1 heterocycles. The molecule has 0 bridgehead atoms. The highest BCUT2D eigenvalue weighted by Gasteiger charge is 2.09. The molecule has 2 aromatic rings. The maximum absolute atomic E-state index is 13.0. The predicted octanol–water partition coefficient (Wildman–Crippen LogP) is 2.33. The van der Waals surface area contributed by atoms with Crippen LogP contribution in [0.2, 0.25) is 0 Å². The summed E-state index contributed by atoms with van der Waals surface area (Å²) in [4.78, 5) is 0. The molecule has 0 saturated carbocycles. The van der Waals surface area contributed by atoms with Gasteiger partial charge in [-0.1, -0.05) is 0 Å². The number of fused-ring (bicyclic) bond motifs is 1. The van der Waals surface area contributed by atoms with Gasteiger partial charge in [0.15, 0.2) is 0 Å². The third-order valence-electron chi connectivity index (χ3n) is 1.71. The molecule has 0 aliphatic rings. The number of rotatable bonds is 0. The molecule has 0 amide bonds. The zero-order valence-electron chi connectivity index (χ0n) is 6.04. The van der Waals surface area contributed by atoms with Crippen molar-refractivity contribution < 1.29 is 9.50 Å². The molecule has 1 aromatic heterocycles. The topological polar surface area (TPSA) is 46.2 Å². The number of hydrogen-bond acceptors (Lipinski definition) is 3. The number of halogens is 1. The molecule has 12 heavy (non-hydrogen) atoms. The average Bonchev–Trinajstić information content (AvgIpc) is 2.41. The van der Waals surface area contributed by atoms with Crippen LogP contribution in [0.1, 0.15) is 0 Å². The number of aromatic hydroxyl groups is 1. The third-order valence-corrected chi connectivity index (χ3v) is 2.63. The first-order chi connectivity index (χ1) is 5.70. The van der Waals surface area contributed by atoms with Crippen molar-refractivity contribution >= 4 is 27.1 Å². The molecule has 0 fully saturated rings. The summed E-state index contributed by atoms with van der Waals surface area (Å²) in [5, 5.41) is 10.9. The molecule has 0 saturated heterocycles. The lowest BCUT2D eigenvalue weighted by atomic mass is 10.2. The van der Waals surface area contributed by atoms with Gasteiger partial charge in [0.1, 0.15) is 11.6 Å². The normalized spacial score (nSPS) is 10.8. The van der Waals surface area contributed by atoms with E-state index in [9.17, 15) is 9.50 Å². The Morgan fingerprint density at radius 3 is 2.92 bits per heavy atom. The predicted molar refractivity (Wildman–Crippen MR) is 47.9 cm³/mol. The van der Waals surface area contributed by atoms with Crippen LogP contribution in [0.25, 0.3) is 10.1 Å². The van der Waals surface area contributed by atoms with Gasteiger partial charge in [-0.3, -0.25) is 0 Å². The Balaban J connectivity index is 2.96. The molecular weight excluding hydrogens is 177 g/mol. The van der Waals surface area contributed by atoms with Gasteiger partial charge in [0.05, 0.1) is 11.1 Å². The number of phenolic OH excluding ortho intramolecular Hbond substituents is 1. The van der Waals surface area contributed by atoms with E-state index in [2.05, 4.69) is 0 Å². The van der Waals surface area contributed by atoms with E-state index in [0.29, 0.717) is 5.39 Å². The Labute approximate surface area is 72.1 Å². The SMILES string of the molecule is Nc1c(O)ccc2scc(F)c12. The smallest absolute Gasteiger partial charge is 0.143 e. The number of phenols is 1. The second-order valence-corrected chi connectivity index (χ2v) is 3.37. The fourth-order valence-electron chi connectivity index (χ4n) is 1.11. The van der Waals surface area contributed by atoms with E-state index in [1.165, 1.54) is 22.8 Å². The lowest BCUT2D eigenvalue weighted by molar-refractivity contribution is 0.478. The summed E-state index contributed by atoms with van der Waals surface area (Å²) in [5.74, 6) is -0.441. The van der Waals surface area contributed by atoms with Crippen molar-refractivity contribution in [2.45, 2.75) is 0 Å². The second-order valence-electron chi connectivity index (χ2n) is 2.46.